The Morgan fingerprint density at radius 1 is 0.939 bits per heavy atom. The van der Waals surface area contributed by atoms with E-state index in [2.05, 4.69) is 15.4 Å². The van der Waals surface area contributed by atoms with Crippen molar-refractivity contribution >= 4 is 42.4 Å². The van der Waals surface area contributed by atoms with E-state index in [9.17, 15) is 31.5 Å². The molecule has 3 aromatic rings. The van der Waals surface area contributed by atoms with Gasteiger partial charge in [-0.2, -0.15) is 0 Å². The molecule has 5 unspecified atom stereocenters. The summed E-state index contributed by atoms with van der Waals surface area (Å²) in [4.78, 5) is 27.2. The number of amides is 2. The highest BCUT2D eigenvalue weighted by Crippen LogP contribution is 2.36. The molecule has 11 nitrogen and oxygen atoms in total. The highest BCUT2D eigenvalue weighted by Gasteiger charge is 2.39. The number of sulfone groups is 1. The van der Waals surface area contributed by atoms with Crippen molar-refractivity contribution < 1.29 is 36.3 Å². The molecular formula is C36H49N3O8S2. The number of carbonyl (C=O) groups is 2. The third kappa shape index (κ3) is 11.3. The lowest BCUT2D eigenvalue weighted by Gasteiger charge is -2.38. The van der Waals surface area contributed by atoms with Gasteiger partial charge in [-0.3, -0.25) is 9.59 Å². The van der Waals surface area contributed by atoms with Gasteiger partial charge in [-0.05, 0) is 87.3 Å². The van der Waals surface area contributed by atoms with Crippen molar-refractivity contribution in [3.8, 4) is 0 Å². The van der Waals surface area contributed by atoms with Crippen LogP contribution in [0.4, 0.5) is 0 Å². The highest BCUT2D eigenvalue weighted by atomic mass is 32.2. The van der Waals surface area contributed by atoms with E-state index in [1.807, 2.05) is 63.2 Å². The zero-order valence-corrected chi connectivity index (χ0v) is 30.4. The molecule has 0 aromatic heterocycles. The number of aliphatic hydroxyl groups is 1. The Labute approximate surface area is 290 Å². The monoisotopic (exact) mass is 715 g/mol. The minimum atomic E-state index is -4.16. The van der Waals surface area contributed by atoms with E-state index >= 15 is 0 Å². The van der Waals surface area contributed by atoms with Gasteiger partial charge in [0.2, 0.25) is 21.8 Å². The normalized spacial score (nSPS) is 20.7. The van der Waals surface area contributed by atoms with Crippen LogP contribution in [0, 0.1) is 11.8 Å². The van der Waals surface area contributed by atoms with E-state index in [0.717, 1.165) is 17.2 Å². The number of ether oxygens (including phenoxy) is 1. The predicted molar refractivity (Wildman–Crippen MR) is 190 cm³/mol. The van der Waals surface area contributed by atoms with E-state index in [-0.39, 0.29) is 41.6 Å². The summed E-state index contributed by atoms with van der Waals surface area (Å²) in [5.41, 5.74) is 0.348. The molecule has 1 fully saturated rings. The van der Waals surface area contributed by atoms with Crippen molar-refractivity contribution in [2.45, 2.75) is 87.6 Å². The fraction of sp³-hybridized carbons (Fsp3) is 0.500. The van der Waals surface area contributed by atoms with E-state index in [0.29, 0.717) is 24.6 Å². The molecule has 49 heavy (non-hydrogen) atoms. The van der Waals surface area contributed by atoms with Crippen molar-refractivity contribution in [2.75, 3.05) is 19.1 Å². The molecular weight excluding hydrogens is 667 g/mol. The zero-order chi connectivity index (χ0) is 36.0. The molecule has 13 heteroatoms. The molecule has 4 N–H and O–H groups in total. The van der Waals surface area contributed by atoms with Crippen molar-refractivity contribution in [3.05, 3.63) is 78.4 Å². The number of nitrogens with one attached hydrogen (secondary N) is 3. The number of methoxy groups -OCH3 is 1. The smallest absolute Gasteiger partial charge is 0.239 e. The minimum absolute atomic E-state index is 0.0512. The molecule has 3 aromatic carbocycles. The van der Waals surface area contributed by atoms with Crippen molar-refractivity contribution in [1.29, 1.82) is 0 Å². The number of rotatable bonds is 14. The summed E-state index contributed by atoms with van der Waals surface area (Å²) in [6, 6.07) is 18.3. The number of aliphatic hydroxyl groups excluding tert-OH is 1. The highest BCUT2D eigenvalue weighted by molar-refractivity contribution is 7.91. The Morgan fingerprint density at radius 3 is 2.22 bits per heavy atom. The molecule has 0 heterocycles. The number of benzene rings is 3. The van der Waals surface area contributed by atoms with Gasteiger partial charge in [-0.1, -0.05) is 60.7 Å². The largest absolute Gasteiger partial charge is 0.391 e. The summed E-state index contributed by atoms with van der Waals surface area (Å²) in [5, 5.41) is 19.1. The summed E-state index contributed by atoms with van der Waals surface area (Å²) in [6.45, 7) is 5.71. The molecule has 1 aliphatic carbocycles. The number of fused-ring (bicyclic) bond motifs is 1. The summed E-state index contributed by atoms with van der Waals surface area (Å²) in [6.07, 6.45) is 1.72. The van der Waals surface area contributed by atoms with Crippen LogP contribution in [-0.4, -0.2) is 82.7 Å². The first-order chi connectivity index (χ1) is 22.9. The first-order valence-corrected chi connectivity index (χ1v) is 20.0. The maximum Gasteiger partial charge on any atom is 0.239 e. The molecule has 2 amide bonds. The van der Waals surface area contributed by atoms with Gasteiger partial charge < -0.3 is 20.5 Å². The summed E-state index contributed by atoms with van der Waals surface area (Å²) in [5.74, 6) is -2.51. The van der Waals surface area contributed by atoms with Gasteiger partial charge in [0.15, 0.2) is 9.84 Å². The molecule has 1 saturated carbocycles. The Hall–Kier alpha value is -3.36. The molecule has 0 spiro atoms. The molecule has 268 valence electrons. The van der Waals surface area contributed by atoms with Crippen LogP contribution < -0.4 is 15.4 Å². The molecule has 4 rings (SSSR count). The first kappa shape index (κ1) is 38.4. The van der Waals surface area contributed by atoms with Crippen LogP contribution in [0.1, 0.15) is 52.0 Å². The second-order valence-corrected chi connectivity index (χ2v) is 17.9. The van der Waals surface area contributed by atoms with Crippen LogP contribution >= 0.6 is 0 Å². The molecule has 0 saturated heterocycles. The van der Waals surface area contributed by atoms with Crippen LogP contribution in [0.3, 0.4) is 0 Å². The second-order valence-electron chi connectivity index (χ2n) is 14.1. The maximum atomic E-state index is 13.9. The number of hydrogen-bond acceptors (Lipinski definition) is 8. The molecule has 0 aliphatic heterocycles. The fourth-order valence-corrected chi connectivity index (χ4v) is 8.77. The number of carbonyl (C=O) groups excluding carboxylic acids is 2. The second kappa shape index (κ2) is 16.1. The van der Waals surface area contributed by atoms with Crippen molar-refractivity contribution in [2.24, 2.45) is 11.8 Å². The van der Waals surface area contributed by atoms with Crippen LogP contribution in [0.15, 0.2) is 77.7 Å². The van der Waals surface area contributed by atoms with Gasteiger partial charge in [0.05, 0.1) is 35.2 Å². The predicted octanol–water partition coefficient (Wildman–Crippen LogP) is 3.36. The Kier molecular flexibility index (Phi) is 12.6. The Bertz CT molecular complexity index is 1810. The van der Waals surface area contributed by atoms with Gasteiger partial charge in [-0.25, -0.2) is 21.6 Å². The lowest BCUT2D eigenvalue weighted by molar-refractivity contribution is -0.132. The Morgan fingerprint density at radius 2 is 1.59 bits per heavy atom. The van der Waals surface area contributed by atoms with Crippen LogP contribution in [0.5, 0.6) is 0 Å². The van der Waals surface area contributed by atoms with E-state index in [1.165, 1.54) is 12.1 Å². The maximum absolute atomic E-state index is 13.9. The summed E-state index contributed by atoms with van der Waals surface area (Å²) < 4.78 is 59.8. The van der Waals surface area contributed by atoms with Gasteiger partial charge in [0, 0.05) is 18.6 Å². The standard InChI is InChI=1S/C36H49N3O8S2/c1-36(2,3)38-34(41)30-18-16-28(47-4)20-27(30)22-33(40)31(19-24-11-7-6-8-12-24)37-35(42)32(39-48(5,43)44)23-49(45,46)29-17-15-25-13-9-10-14-26(25)21-29/h6-15,17,21,27-28,30-33,39-40H,16,18-20,22-23H2,1-5H3,(H,37,42)(H,38,41)/t27?,28?,30?,31?,32-,33?/m1/s1. The lowest BCUT2D eigenvalue weighted by Crippen LogP contribution is -2.55. The van der Waals surface area contributed by atoms with Gasteiger partial charge in [0.1, 0.15) is 6.04 Å². The van der Waals surface area contributed by atoms with E-state index in [4.69, 9.17) is 4.74 Å². The number of hydrogen-bond donors (Lipinski definition) is 4. The Balaban J connectivity index is 1.61. The average molecular weight is 716 g/mol. The van der Waals surface area contributed by atoms with Crippen LogP contribution in [0.25, 0.3) is 10.8 Å². The minimum Gasteiger partial charge on any atom is -0.391 e. The fourth-order valence-electron chi connectivity index (χ4n) is 6.51. The molecule has 0 radical (unpaired) electrons. The third-order valence-corrected chi connectivity index (χ3v) is 11.3. The quantitative estimate of drug-likeness (QED) is 0.197. The van der Waals surface area contributed by atoms with E-state index in [1.54, 1.807) is 25.3 Å². The summed E-state index contributed by atoms with van der Waals surface area (Å²) >= 11 is 0. The van der Waals surface area contributed by atoms with Crippen LogP contribution in [0.2, 0.25) is 0 Å². The van der Waals surface area contributed by atoms with Crippen molar-refractivity contribution in [1.82, 2.24) is 15.4 Å². The van der Waals surface area contributed by atoms with E-state index < -0.39 is 55.2 Å². The topological polar surface area (TPSA) is 168 Å². The van der Waals surface area contributed by atoms with Gasteiger partial charge in [0.25, 0.3) is 0 Å². The first-order valence-electron chi connectivity index (χ1n) is 16.5. The average Bonchev–Trinajstić information content (AvgIpc) is 3.02. The van der Waals surface area contributed by atoms with Crippen molar-refractivity contribution in [3.63, 3.8) is 0 Å². The molecule has 1 aliphatic rings. The SMILES string of the molecule is COC1CCC(C(=O)NC(C)(C)C)C(CC(O)C(Cc2ccccc2)NC(=O)[C@@H](CS(=O)(=O)c2ccc3ccccc3c2)NS(C)(=O)=O)C1. The summed E-state index contributed by atoms with van der Waals surface area (Å²) in [7, 11) is -6.57. The third-order valence-electron chi connectivity index (χ3n) is 8.88. The molecule has 0 bridgehead atoms. The number of sulfonamides is 1. The van der Waals surface area contributed by atoms with Crippen LogP contribution in [-0.2, 0) is 40.6 Å². The molecule has 6 atom stereocenters. The van der Waals surface area contributed by atoms with Gasteiger partial charge >= 0.3 is 0 Å². The zero-order valence-electron chi connectivity index (χ0n) is 28.8. The lowest BCUT2D eigenvalue weighted by atomic mass is 9.73. The van der Waals surface area contributed by atoms with Gasteiger partial charge in [-0.15, -0.1) is 0 Å².